The van der Waals surface area contributed by atoms with Crippen LogP contribution in [0.5, 0.6) is 5.75 Å². The predicted molar refractivity (Wildman–Crippen MR) is 81.1 cm³/mol. The number of hydrogen-bond donors (Lipinski definition) is 0. The van der Waals surface area contributed by atoms with Crippen LogP contribution in [-0.2, 0) is 17.4 Å². The van der Waals surface area contributed by atoms with Crippen molar-refractivity contribution in [1.29, 1.82) is 0 Å². The Hall–Kier alpha value is -1.02. The minimum absolute atomic E-state index is 0.143. The summed E-state index contributed by atoms with van der Waals surface area (Å²) in [5, 5.41) is 0. The van der Waals surface area contributed by atoms with Crippen molar-refractivity contribution in [2.24, 2.45) is 0 Å². The molecule has 1 aliphatic rings. The number of benzene rings is 1. The Morgan fingerprint density at radius 3 is 2.37 bits per heavy atom. The smallest absolute Gasteiger partial charge is 0.123 e. The van der Waals surface area contributed by atoms with Crippen LogP contribution in [0.2, 0.25) is 0 Å². The Bertz CT molecular complexity index is 483. The van der Waals surface area contributed by atoms with E-state index in [1.54, 1.807) is 7.11 Å². The molecule has 0 aliphatic carbocycles. The monoisotopic (exact) mass is 261 g/mol. The van der Waals surface area contributed by atoms with Gasteiger partial charge in [0.15, 0.2) is 0 Å². The molecule has 0 bridgehead atoms. The molecule has 0 amide bonds. The summed E-state index contributed by atoms with van der Waals surface area (Å²) < 4.78 is 5.70. The van der Waals surface area contributed by atoms with Gasteiger partial charge in [0.1, 0.15) is 5.75 Å². The Kier molecular flexibility index (Phi) is 3.42. The summed E-state index contributed by atoms with van der Waals surface area (Å²) in [5.41, 5.74) is 4.46. The van der Waals surface area contributed by atoms with Gasteiger partial charge in [-0.25, -0.2) is 0 Å². The van der Waals surface area contributed by atoms with Gasteiger partial charge >= 0.3 is 0 Å². The molecule has 19 heavy (non-hydrogen) atoms. The second kappa shape index (κ2) is 4.52. The first-order valence-electron chi connectivity index (χ1n) is 7.05. The highest BCUT2D eigenvalue weighted by Gasteiger charge is 2.34. The first-order chi connectivity index (χ1) is 8.65. The van der Waals surface area contributed by atoms with Gasteiger partial charge in [-0.15, -0.1) is 0 Å². The molecular weight excluding hydrogens is 234 g/mol. The minimum atomic E-state index is 0.143. The highest BCUT2D eigenvalue weighted by molar-refractivity contribution is 5.50. The predicted octanol–water partition coefficient (Wildman–Crippen LogP) is 3.72. The van der Waals surface area contributed by atoms with E-state index in [4.69, 9.17) is 4.74 Å². The number of likely N-dealkylation sites (N-methyl/N-ethyl adjacent to an activating group) is 1. The van der Waals surface area contributed by atoms with Gasteiger partial charge in [-0.1, -0.05) is 40.7 Å². The van der Waals surface area contributed by atoms with E-state index in [9.17, 15) is 0 Å². The van der Waals surface area contributed by atoms with Crippen molar-refractivity contribution in [3.05, 3.63) is 28.8 Å². The standard InChI is InChI=1S/C17H27NO/c1-16(2,3)13-8-12-10-18(6)11-17(4,5)15(12)14(9-13)19-7/h8-9H,10-11H2,1-7H3. The number of hydrogen-bond acceptors (Lipinski definition) is 2. The van der Waals surface area contributed by atoms with Gasteiger partial charge in [0.2, 0.25) is 0 Å². The fraction of sp³-hybridized carbons (Fsp3) is 0.647. The number of methoxy groups -OCH3 is 1. The lowest BCUT2D eigenvalue weighted by atomic mass is 9.75. The third-order valence-electron chi connectivity index (χ3n) is 4.05. The maximum absolute atomic E-state index is 5.70. The lowest BCUT2D eigenvalue weighted by Gasteiger charge is -2.40. The van der Waals surface area contributed by atoms with Gasteiger partial charge < -0.3 is 9.64 Å². The van der Waals surface area contributed by atoms with E-state index < -0.39 is 0 Å². The summed E-state index contributed by atoms with van der Waals surface area (Å²) in [6, 6.07) is 4.60. The summed E-state index contributed by atoms with van der Waals surface area (Å²) in [6.45, 7) is 13.5. The van der Waals surface area contributed by atoms with Crippen molar-refractivity contribution < 1.29 is 4.74 Å². The highest BCUT2D eigenvalue weighted by Crippen LogP contribution is 2.41. The number of rotatable bonds is 1. The minimum Gasteiger partial charge on any atom is -0.496 e. The molecule has 0 aromatic heterocycles. The zero-order chi connectivity index (χ0) is 14.4. The average Bonchev–Trinajstić information content (AvgIpc) is 2.24. The van der Waals surface area contributed by atoms with Crippen LogP contribution in [0.1, 0.15) is 51.3 Å². The maximum Gasteiger partial charge on any atom is 0.123 e. The van der Waals surface area contributed by atoms with Crippen LogP contribution >= 0.6 is 0 Å². The Labute approximate surface area is 117 Å². The fourth-order valence-corrected chi connectivity index (χ4v) is 3.26. The van der Waals surface area contributed by atoms with Crippen molar-refractivity contribution in [3.63, 3.8) is 0 Å². The molecular formula is C17H27NO. The maximum atomic E-state index is 5.70. The lowest BCUT2D eigenvalue weighted by molar-refractivity contribution is 0.229. The molecule has 1 aromatic rings. The Morgan fingerprint density at radius 1 is 1.21 bits per heavy atom. The molecule has 2 nitrogen and oxygen atoms in total. The second-order valence-electron chi connectivity index (χ2n) is 7.52. The summed E-state index contributed by atoms with van der Waals surface area (Å²) >= 11 is 0. The quantitative estimate of drug-likeness (QED) is 0.764. The Morgan fingerprint density at radius 2 is 1.84 bits per heavy atom. The molecule has 1 aliphatic heterocycles. The summed E-state index contributed by atoms with van der Waals surface area (Å²) in [6.07, 6.45) is 0. The van der Waals surface area contributed by atoms with Crippen LogP contribution in [0.15, 0.2) is 12.1 Å². The number of nitrogens with zero attached hydrogens (tertiary/aromatic N) is 1. The molecule has 0 radical (unpaired) electrons. The number of fused-ring (bicyclic) bond motifs is 1. The molecule has 0 atom stereocenters. The van der Waals surface area contributed by atoms with Gasteiger partial charge in [0.05, 0.1) is 7.11 Å². The first kappa shape index (κ1) is 14.4. The van der Waals surface area contributed by atoms with Crippen molar-refractivity contribution in [2.45, 2.75) is 52.0 Å². The van der Waals surface area contributed by atoms with Crippen LogP contribution in [0.3, 0.4) is 0 Å². The molecule has 2 heteroatoms. The second-order valence-corrected chi connectivity index (χ2v) is 7.52. The van der Waals surface area contributed by atoms with Crippen molar-refractivity contribution in [2.75, 3.05) is 20.7 Å². The van der Waals surface area contributed by atoms with Gasteiger partial charge in [-0.2, -0.15) is 0 Å². The van der Waals surface area contributed by atoms with E-state index >= 15 is 0 Å². The summed E-state index contributed by atoms with van der Waals surface area (Å²) in [5.74, 6) is 1.06. The third kappa shape index (κ3) is 2.64. The molecule has 0 fully saturated rings. The molecule has 1 heterocycles. The van der Waals surface area contributed by atoms with Crippen molar-refractivity contribution in [3.8, 4) is 5.75 Å². The van der Waals surface area contributed by atoms with Crippen molar-refractivity contribution >= 4 is 0 Å². The van der Waals surface area contributed by atoms with Crippen LogP contribution in [0, 0.1) is 0 Å². The van der Waals surface area contributed by atoms with E-state index in [0.29, 0.717) is 0 Å². The molecule has 1 aromatic carbocycles. The topological polar surface area (TPSA) is 12.5 Å². The molecule has 0 N–H and O–H groups in total. The normalized spacial score (nSPS) is 19.1. The zero-order valence-electron chi connectivity index (χ0n) is 13.4. The fourth-order valence-electron chi connectivity index (χ4n) is 3.26. The summed E-state index contributed by atoms with van der Waals surface area (Å²) in [4.78, 5) is 2.40. The van der Waals surface area contributed by atoms with Gasteiger partial charge in [0, 0.05) is 24.1 Å². The molecule has 0 unspecified atom stereocenters. The molecule has 0 saturated carbocycles. The molecule has 2 rings (SSSR count). The van der Waals surface area contributed by atoms with E-state index in [0.717, 1.165) is 18.8 Å². The first-order valence-corrected chi connectivity index (χ1v) is 7.05. The van der Waals surface area contributed by atoms with Gasteiger partial charge in [-0.3, -0.25) is 0 Å². The average molecular weight is 261 g/mol. The van der Waals surface area contributed by atoms with Crippen LogP contribution < -0.4 is 4.74 Å². The molecule has 0 saturated heterocycles. The van der Waals surface area contributed by atoms with Gasteiger partial charge in [-0.05, 0) is 29.7 Å². The van der Waals surface area contributed by atoms with E-state index in [-0.39, 0.29) is 10.8 Å². The highest BCUT2D eigenvalue weighted by atomic mass is 16.5. The Balaban J connectivity index is 2.65. The number of ether oxygens (including phenoxy) is 1. The van der Waals surface area contributed by atoms with Crippen LogP contribution in [-0.4, -0.2) is 25.6 Å². The van der Waals surface area contributed by atoms with Gasteiger partial charge in [0.25, 0.3) is 0 Å². The third-order valence-corrected chi connectivity index (χ3v) is 4.05. The van der Waals surface area contributed by atoms with Crippen LogP contribution in [0.25, 0.3) is 0 Å². The van der Waals surface area contributed by atoms with E-state index in [2.05, 4.69) is 58.7 Å². The van der Waals surface area contributed by atoms with E-state index in [1.165, 1.54) is 16.7 Å². The van der Waals surface area contributed by atoms with E-state index in [1.807, 2.05) is 0 Å². The largest absolute Gasteiger partial charge is 0.496 e. The van der Waals surface area contributed by atoms with Crippen molar-refractivity contribution in [1.82, 2.24) is 4.90 Å². The SMILES string of the molecule is COc1cc(C(C)(C)C)cc2c1C(C)(C)CN(C)C2. The lowest BCUT2D eigenvalue weighted by Crippen LogP contribution is -2.40. The zero-order valence-corrected chi connectivity index (χ0v) is 13.4. The van der Waals surface area contributed by atoms with Crippen LogP contribution in [0.4, 0.5) is 0 Å². The summed E-state index contributed by atoms with van der Waals surface area (Å²) in [7, 11) is 3.98. The molecule has 0 spiro atoms. The molecule has 106 valence electrons.